The third-order valence-corrected chi connectivity index (χ3v) is 4.53. The van der Waals surface area contributed by atoms with Crippen molar-refractivity contribution in [1.82, 2.24) is 4.90 Å². The molecule has 1 aromatic rings. The number of benzene rings is 1. The van der Waals surface area contributed by atoms with Gasteiger partial charge in [0.15, 0.2) is 0 Å². The molecule has 0 radical (unpaired) electrons. The van der Waals surface area contributed by atoms with Crippen LogP contribution in [0.15, 0.2) is 17.0 Å². The monoisotopic (exact) mass is 314 g/mol. The first-order valence-corrected chi connectivity index (χ1v) is 8.41. The van der Waals surface area contributed by atoms with Gasteiger partial charge in [0.2, 0.25) is 10.0 Å². The van der Waals surface area contributed by atoms with Gasteiger partial charge in [0.25, 0.3) is 5.91 Å². The lowest BCUT2D eigenvalue weighted by Crippen LogP contribution is -2.33. The molecule has 0 aliphatic heterocycles. The van der Waals surface area contributed by atoms with Gasteiger partial charge >= 0.3 is 0 Å². The quantitative estimate of drug-likeness (QED) is 0.897. The number of hydrogen-bond donors (Lipinski definition) is 1. The maximum absolute atomic E-state index is 13.9. The molecule has 5 nitrogen and oxygen atoms in total. The Balaban J connectivity index is 2.38. The molecule has 21 heavy (non-hydrogen) atoms. The number of sulfonamides is 1. The lowest BCUT2D eigenvalue weighted by Gasteiger charge is -2.21. The van der Waals surface area contributed by atoms with Crippen LogP contribution in [0.4, 0.5) is 4.39 Å². The highest BCUT2D eigenvalue weighted by Gasteiger charge is 2.27. The minimum Gasteiger partial charge on any atom is -0.339 e. The highest BCUT2D eigenvalue weighted by molar-refractivity contribution is 7.89. The Morgan fingerprint density at radius 2 is 2.05 bits per heavy atom. The average molecular weight is 314 g/mol. The number of primary sulfonamides is 1. The van der Waals surface area contributed by atoms with Crippen LogP contribution in [0.25, 0.3) is 0 Å². The molecule has 2 rings (SSSR count). The van der Waals surface area contributed by atoms with Crippen molar-refractivity contribution in [2.24, 2.45) is 11.1 Å². The summed E-state index contributed by atoms with van der Waals surface area (Å²) in [5.41, 5.74) is 0.243. The number of nitrogens with zero attached hydrogens (tertiary/aromatic N) is 1. The third-order valence-electron chi connectivity index (χ3n) is 3.62. The van der Waals surface area contributed by atoms with E-state index in [1.807, 2.05) is 6.92 Å². The van der Waals surface area contributed by atoms with Crippen LogP contribution in [0.3, 0.4) is 0 Å². The molecule has 1 fully saturated rings. The minimum absolute atomic E-state index is 0.0901. The SMILES string of the molecule is CCN(CC1CC1)C(=O)c1cc(C)c(F)c(S(N)(=O)=O)c1. The third kappa shape index (κ3) is 3.59. The summed E-state index contributed by atoms with van der Waals surface area (Å²) in [7, 11) is -4.20. The number of hydrogen-bond acceptors (Lipinski definition) is 3. The van der Waals surface area contributed by atoms with Crippen LogP contribution < -0.4 is 5.14 Å². The number of nitrogens with two attached hydrogens (primary N) is 1. The minimum atomic E-state index is -4.20. The van der Waals surface area contributed by atoms with E-state index in [1.165, 1.54) is 13.0 Å². The van der Waals surface area contributed by atoms with Gasteiger partial charge in [0.1, 0.15) is 10.7 Å². The van der Waals surface area contributed by atoms with E-state index in [2.05, 4.69) is 0 Å². The van der Waals surface area contributed by atoms with Crippen LogP contribution in [0.5, 0.6) is 0 Å². The van der Waals surface area contributed by atoms with Gasteiger partial charge in [-0.25, -0.2) is 17.9 Å². The lowest BCUT2D eigenvalue weighted by atomic mass is 10.1. The molecule has 0 unspecified atom stereocenters. The molecule has 0 spiro atoms. The Labute approximate surface area is 124 Å². The van der Waals surface area contributed by atoms with E-state index < -0.39 is 20.7 Å². The Kier molecular flexibility index (Phi) is 4.34. The van der Waals surface area contributed by atoms with Crippen molar-refractivity contribution in [2.45, 2.75) is 31.6 Å². The normalized spacial score (nSPS) is 15.0. The number of halogens is 1. The highest BCUT2D eigenvalue weighted by Crippen LogP contribution is 2.30. The van der Waals surface area contributed by atoms with Gasteiger partial charge in [-0.15, -0.1) is 0 Å². The van der Waals surface area contributed by atoms with Crippen LogP contribution in [0.1, 0.15) is 35.7 Å². The molecule has 7 heteroatoms. The first kappa shape index (κ1) is 15.9. The second kappa shape index (κ2) is 5.73. The molecule has 0 heterocycles. The summed E-state index contributed by atoms with van der Waals surface area (Å²) >= 11 is 0. The van der Waals surface area contributed by atoms with Crippen molar-refractivity contribution in [2.75, 3.05) is 13.1 Å². The number of amides is 1. The van der Waals surface area contributed by atoms with E-state index in [9.17, 15) is 17.6 Å². The van der Waals surface area contributed by atoms with E-state index in [-0.39, 0.29) is 17.0 Å². The average Bonchev–Trinajstić information content (AvgIpc) is 3.20. The van der Waals surface area contributed by atoms with Gasteiger partial charge in [-0.05, 0) is 50.3 Å². The Morgan fingerprint density at radius 1 is 1.43 bits per heavy atom. The molecular weight excluding hydrogens is 295 g/mol. The Bertz CT molecular complexity index is 669. The summed E-state index contributed by atoms with van der Waals surface area (Å²) in [5.74, 6) is -0.676. The van der Waals surface area contributed by atoms with Crippen molar-refractivity contribution in [3.05, 3.63) is 29.1 Å². The van der Waals surface area contributed by atoms with Crippen LogP contribution in [0, 0.1) is 18.7 Å². The number of carbonyl (C=O) groups is 1. The first-order valence-electron chi connectivity index (χ1n) is 6.86. The Morgan fingerprint density at radius 3 is 2.52 bits per heavy atom. The zero-order valence-electron chi connectivity index (χ0n) is 12.1. The molecular formula is C14H19FN2O3S. The summed E-state index contributed by atoms with van der Waals surface area (Å²) in [4.78, 5) is 13.5. The summed E-state index contributed by atoms with van der Waals surface area (Å²) in [6.45, 7) is 4.45. The highest BCUT2D eigenvalue weighted by atomic mass is 32.2. The van der Waals surface area contributed by atoms with Crippen molar-refractivity contribution < 1.29 is 17.6 Å². The summed E-state index contributed by atoms with van der Waals surface area (Å²) in [5, 5.41) is 5.00. The van der Waals surface area contributed by atoms with Gasteiger partial charge in [-0.1, -0.05) is 0 Å². The van der Waals surface area contributed by atoms with Gasteiger partial charge in [0, 0.05) is 18.7 Å². The van der Waals surface area contributed by atoms with Crippen LogP contribution in [-0.4, -0.2) is 32.3 Å². The van der Waals surface area contributed by atoms with Crippen LogP contribution >= 0.6 is 0 Å². The predicted octanol–water partition coefficient (Wildman–Crippen LogP) is 1.65. The van der Waals surface area contributed by atoms with Crippen molar-refractivity contribution in [1.29, 1.82) is 0 Å². The standard InChI is InChI=1S/C14H19FN2O3S/c1-3-17(8-10-4-5-10)14(18)11-6-9(2)13(15)12(7-11)21(16,19)20/h6-7,10H,3-5,8H2,1-2H3,(H2,16,19,20). The molecule has 1 aliphatic carbocycles. The fourth-order valence-corrected chi connectivity index (χ4v) is 2.92. The summed E-state index contributed by atoms with van der Waals surface area (Å²) in [6, 6.07) is 2.39. The smallest absolute Gasteiger partial charge is 0.253 e. The number of carbonyl (C=O) groups excluding carboxylic acids is 1. The van der Waals surface area contributed by atoms with E-state index >= 15 is 0 Å². The fourth-order valence-electron chi connectivity index (χ4n) is 2.22. The maximum Gasteiger partial charge on any atom is 0.253 e. The molecule has 0 atom stereocenters. The molecule has 0 saturated heterocycles. The molecule has 0 aromatic heterocycles. The maximum atomic E-state index is 13.9. The van der Waals surface area contributed by atoms with E-state index in [0.29, 0.717) is 19.0 Å². The van der Waals surface area contributed by atoms with Crippen molar-refractivity contribution >= 4 is 15.9 Å². The Hall–Kier alpha value is -1.47. The van der Waals surface area contributed by atoms with Gasteiger partial charge in [-0.2, -0.15) is 0 Å². The number of aryl methyl sites for hydroxylation is 1. The first-order chi connectivity index (χ1) is 9.74. The second-order valence-corrected chi connectivity index (χ2v) is 6.97. The van der Waals surface area contributed by atoms with Crippen LogP contribution in [-0.2, 0) is 10.0 Å². The van der Waals surface area contributed by atoms with Gasteiger partial charge < -0.3 is 4.90 Å². The van der Waals surface area contributed by atoms with E-state index in [4.69, 9.17) is 5.14 Å². The molecule has 1 aliphatic rings. The molecule has 116 valence electrons. The van der Waals surface area contributed by atoms with Crippen molar-refractivity contribution in [3.8, 4) is 0 Å². The molecule has 1 saturated carbocycles. The summed E-state index contributed by atoms with van der Waals surface area (Å²) in [6.07, 6.45) is 2.21. The topological polar surface area (TPSA) is 80.5 Å². The van der Waals surface area contributed by atoms with E-state index in [0.717, 1.165) is 18.9 Å². The zero-order chi connectivity index (χ0) is 15.8. The predicted molar refractivity (Wildman–Crippen MR) is 76.8 cm³/mol. The fraction of sp³-hybridized carbons (Fsp3) is 0.500. The second-order valence-electron chi connectivity index (χ2n) is 5.44. The van der Waals surface area contributed by atoms with Crippen LogP contribution in [0.2, 0.25) is 0 Å². The molecule has 0 bridgehead atoms. The van der Waals surface area contributed by atoms with Gasteiger partial charge in [0.05, 0.1) is 0 Å². The lowest BCUT2D eigenvalue weighted by molar-refractivity contribution is 0.0756. The van der Waals surface area contributed by atoms with Gasteiger partial charge in [-0.3, -0.25) is 4.79 Å². The van der Waals surface area contributed by atoms with Crippen molar-refractivity contribution in [3.63, 3.8) is 0 Å². The number of rotatable bonds is 5. The molecule has 1 aromatic carbocycles. The molecule has 1 amide bonds. The molecule has 2 N–H and O–H groups in total. The largest absolute Gasteiger partial charge is 0.339 e. The van der Waals surface area contributed by atoms with E-state index in [1.54, 1.807) is 4.90 Å². The summed E-state index contributed by atoms with van der Waals surface area (Å²) < 4.78 is 36.7. The zero-order valence-corrected chi connectivity index (χ0v) is 12.9.